The van der Waals surface area contributed by atoms with E-state index in [2.05, 4.69) is 15.5 Å². The van der Waals surface area contributed by atoms with Gasteiger partial charge in [-0.15, -0.1) is 9.78 Å². The van der Waals surface area contributed by atoms with Crippen molar-refractivity contribution in [2.45, 2.75) is 13.8 Å². The van der Waals surface area contributed by atoms with Gasteiger partial charge >= 0.3 is 11.7 Å². The van der Waals surface area contributed by atoms with Crippen LogP contribution in [0.2, 0.25) is 0 Å². The summed E-state index contributed by atoms with van der Waals surface area (Å²) in [5, 5.41) is 11.8. The minimum atomic E-state index is -0.712. The Balaban J connectivity index is 2.07. The van der Waals surface area contributed by atoms with Gasteiger partial charge in [0.05, 0.1) is 0 Å². The van der Waals surface area contributed by atoms with E-state index in [0.29, 0.717) is 18.8 Å². The maximum absolute atomic E-state index is 12.6. The predicted molar refractivity (Wildman–Crippen MR) is 102 cm³/mol. The zero-order chi connectivity index (χ0) is 19.2. The van der Waals surface area contributed by atoms with Crippen LogP contribution in [0.25, 0.3) is 0 Å². The number of nitrogens with zero attached hydrogens (tertiary/aromatic N) is 6. The number of benzene rings is 2. The lowest BCUT2D eigenvalue weighted by Crippen LogP contribution is -2.40. The van der Waals surface area contributed by atoms with Crippen LogP contribution >= 0.6 is 0 Å². The van der Waals surface area contributed by atoms with Crippen LogP contribution in [0.1, 0.15) is 25.0 Å². The lowest BCUT2D eigenvalue weighted by atomic mass is 10.0. The molecule has 0 radical (unpaired) electrons. The summed E-state index contributed by atoms with van der Waals surface area (Å²) in [6.45, 7) is 4.60. The fourth-order valence-corrected chi connectivity index (χ4v) is 2.62. The van der Waals surface area contributed by atoms with Gasteiger partial charge in [-0.2, -0.15) is 0 Å². The molecule has 0 aliphatic heterocycles. The minimum absolute atomic E-state index is 0.469. The minimum Gasteiger partial charge on any atom is -0.323 e. The van der Waals surface area contributed by atoms with Crippen molar-refractivity contribution in [1.82, 2.24) is 24.8 Å². The molecule has 0 saturated heterocycles. The maximum atomic E-state index is 12.6. The number of rotatable bonds is 5. The summed E-state index contributed by atoms with van der Waals surface area (Å²) in [5.41, 5.74) is 1.48. The molecule has 3 aromatic rings. The Morgan fingerprint density at radius 3 is 1.93 bits per heavy atom. The summed E-state index contributed by atoms with van der Waals surface area (Å²) in [6.07, 6.45) is 0. The van der Waals surface area contributed by atoms with Crippen molar-refractivity contribution in [3.63, 3.8) is 0 Å². The second kappa shape index (κ2) is 8.22. The van der Waals surface area contributed by atoms with Crippen LogP contribution in [-0.4, -0.2) is 49.6 Å². The summed E-state index contributed by atoms with van der Waals surface area (Å²) < 4.78 is 0.726. The van der Waals surface area contributed by atoms with Crippen LogP contribution in [0.4, 0.5) is 4.79 Å². The predicted octanol–water partition coefficient (Wildman–Crippen LogP) is 2.05. The SMILES string of the molecule is CCN(CC)C(=O)n1nnn(N=C(c2ccccc2)c2ccccc2)c1=O. The van der Waals surface area contributed by atoms with Crippen LogP contribution in [-0.2, 0) is 0 Å². The van der Waals surface area contributed by atoms with Gasteiger partial charge in [0, 0.05) is 24.2 Å². The standard InChI is InChI=1S/C19H20N6O2/c1-3-23(4-2)18(26)24-19(27)25(22-21-24)20-17(15-11-7-5-8-12-15)16-13-9-6-10-14-16/h5-14H,3-4H2,1-2H3. The molecule has 0 aliphatic rings. The Bertz CT molecular complexity index is 946. The van der Waals surface area contributed by atoms with Crippen molar-refractivity contribution in [2.75, 3.05) is 13.1 Å². The molecule has 0 bridgehead atoms. The number of tetrazole rings is 1. The van der Waals surface area contributed by atoms with E-state index in [-0.39, 0.29) is 0 Å². The number of carbonyl (C=O) groups excluding carboxylic acids is 1. The molecule has 2 aromatic carbocycles. The Kier molecular flexibility index (Phi) is 5.55. The molecule has 0 N–H and O–H groups in total. The Morgan fingerprint density at radius 2 is 1.44 bits per heavy atom. The molecule has 0 aliphatic carbocycles. The molecule has 0 atom stereocenters. The third-order valence-electron chi connectivity index (χ3n) is 4.07. The number of carbonyl (C=O) groups is 1. The fraction of sp³-hybridized carbons (Fsp3) is 0.211. The van der Waals surface area contributed by atoms with Gasteiger partial charge in [-0.05, 0) is 24.3 Å². The number of amides is 1. The summed E-state index contributed by atoms with van der Waals surface area (Å²) in [5.74, 6) is 0. The molecule has 0 fully saturated rings. The maximum Gasteiger partial charge on any atom is 0.394 e. The van der Waals surface area contributed by atoms with Crippen LogP contribution in [0.15, 0.2) is 70.6 Å². The summed E-state index contributed by atoms with van der Waals surface area (Å²) in [4.78, 5) is 27.3. The third kappa shape index (κ3) is 3.84. The number of aromatic nitrogens is 4. The molecule has 0 saturated carbocycles. The van der Waals surface area contributed by atoms with Gasteiger partial charge in [-0.3, -0.25) is 0 Å². The van der Waals surface area contributed by atoms with E-state index in [1.165, 1.54) is 4.90 Å². The summed E-state index contributed by atoms with van der Waals surface area (Å²) >= 11 is 0. The molecule has 8 heteroatoms. The molecule has 1 amide bonds. The first-order valence-corrected chi connectivity index (χ1v) is 8.69. The van der Waals surface area contributed by atoms with Gasteiger partial charge in [0.1, 0.15) is 5.71 Å². The van der Waals surface area contributed by atoms with Crippen molar-refractivity contribution in [2.24, 2.45) is 5.10 Å². The Morgan fingerprint density at radius 1 is 0.926 bits per heavy atom. The van der Waals surface area contributed by atoms with Crippen LogP contribution in [0.5, 0.6) is 0 Å². The van der Waals surface area contributed by atoms with Gasteiger partial charge in [0.15, 0.2) is 0 Å². The van der Waals surface area contributed by atoms with Gasteiger partial charge in [0.2, 0.25) is 0 Å². The average molecular weight is 364 g/mol. The van der Waals surface area contributed by atoms with E-state index >= 15 is 0 Å². The van der Waals surface area contributed by atoms with Gasteiger partial charge in [-0.1, -0.05) is 65.5 Å². The molecule has 27 heavy (non-hydrogen) atoms. The highest BCUT2D eigenvalue weighted by Gasteiger charge is 2.19. The second-order valence-electron chi connectivity index (χ2n) is 5.70. The van der Waals surface area contributed by atoms with E-state index in [4.69, 9.17) is 0 Å². The summed E-state index contributed by atoms with van der Waals surface area (Å²) in [7, 11) is 0. The zero-order valence-corrected chi connectivity index (χ0v) is 15.2. The first kappa shape index (κ1) is 18.2. The molecule has 3 rings (SSSR count). The highest BCUT2D eigenvalue weighted by molar-refractivity contribution is 6.12. The van der Waals surface area contributed by atoms with E-state index in [1.807, 2.05) is 74.5 Å². The van der Waals surface area contributed by atoms with Gasteiger partial charge in [-0.25, -0.2) is 9.59 Å². The lowest BCUT2D eigenvalue weighted by Gasteiger charge is -2.16. The number of hydrogen-bond donors (Lipinski definition) is 0. The van der Waals surface area contributed by atoms with E-state index in [9.17, 15) is 9.59 Å². The molecule has 0 unspecified atom stereocenters. The third-order valence-corrected chi connectivity index (χ3v) is 4.07. The lowest BCUT2D eigenvalue weighted by molar-refractivity contribution is 0.200. The largest absolute Gasteiger partial charge is 0.394 e. The first-order chi connectivity index (χ1) is 13.2. The van der Waals surface area contributed by atoms with Crippen molar-refractivity contribution in [3.8, 4) is 0 Å². The van der Waals surface area contributed by atoms with E-state index in [1.54, 1.807) is 0 Å². The van der Waals surface area contributed by atoms with Crippen LogP contribution in [0, 0.1) is 0 Å². The molecule has 8 nitrogen and oxygen atoms in total. The molecule has 1 heterocycles. The van der Waals surface area contributed by atoms with Crippen LogP contribution in [0.3, 0.4) is 0 Å². The summed E-state index contributed by atoms with van der Waals surface area (Å²) in [6, 6.07) is 18.4. The first-order valence-electron chi connectivity index (χ1n) is 8.69. The van der Waals surface area contributed by atoms with E-state index < -0.39 is 11.7 Å². The molecule has 138 valence electrons. The second-order valence-corrected chi connectivity index (χ2v) is 5.70. The van der Waals surface area contributed by atoms with Gasteiger partial charge in [0.25, 0.3) is 0 Å². The van der Waals surface area contributed by atoms with Crippen LogP contribution < -0.4 is 5.69 Å². The highest BCUT2D eigenvalue weighted by atomic mass is 16.2. The van der Waals surface area contributed by atoms with Crippen molar-refractivity contribution in [1.29, 1.82) is 0 Å². The molecular formula is C19H20N6O2. The molecular weight excluding hydrogens is 344 g/mol. The number of hydrogen-bond acceptors (Lipinski definition) is 5. The normalized spacial score (nSPS) is 10.4. The Hall–Kier alpha value is -3.55. The van der Waals surface area contributed by atoms with Crippen molar-refractivity contribution in [3.05, 3.63) is 82.3 Å². The quantitative estimate of drug-likeness (QED) is 0.512. The fourth-order valence-electron chi connectivity index (χ4n) is 2.62. The monoisotopic (exact) mass is 364 g/mol. The van der Waals surface area contributed by atoms with Crippen molar-refractivity contribution < 1.29 is 4.79 Å². The molecule has 1 aromatic heterocycles. The molecule has 0 spiro atoms. The average Bonchev–Trinajstić information content (AvgIpc) is 3.08. The Labute approximate surface area is 156 Å². The topological polar surface area (TPSA) is 85.4 Å². The van der Waals surface area contributed by atoms with Crippen molar-refractivity contribution >= 4 is 11.7 Å². The smallest absolute Gasteiger partial charge is 0.323 e. The van der Waals surface area contributed by atoms with E-state index in [0.717, 1.165) is 20.6 Å². The van der Waals surface area contributed by atoms with Gasteiger partial charge < -0.3 is 4.90 Å². The zero-order valence-electron chi connectivity index (χ0n) is 15.2. The highest BCUT2D eigenvalue weighted by Crippen LogP contribution is 2.10.